The summed E-state index contributed by atoms with van der Waals surface area (Å²) < 4.78 is 10.7. The highest BCUT2D eigenvalue weighted by atomic mass is 35.5. The quantitative estimate of drug-likeness (QED) is 0.446. The highest BCUT2D eigenvalue weighted by Gasteiger charge is 2.12. The van der Waals surface area contributed by atoms with Gasteiger partial charge in [-0.15, -0.1) is 0 Å². The summed E-state index contributed by atoms with van der Waals surface area (Å²) in [4.78, 5) is 35.6. The van der Waals surface area contributed by atoms with Crippen molar-refractivity contribution in [2.24, 2.45) is 0 Å². The maximum atomic E-state index is 12.4. The van der Waals surface area contributed by atoms with Crippen LogP contribution in [0.15, 0.2) is 51.7 Å². The molecule has 0 radical (unpaired) electrons. The lowest BCUT2D eigenvalue weighted by atomic mass is 10.1. The fraction of sp³-hybridized carbons (Fsp3) is 0.227. The molecule has 0 atom stereocenters. The fourth-order valence-electron chi connectivity index (χ4n) is 2.85. The second-order valence-electron chi connectivity index (χ2n) is 6.61. The highest BCUT2D eigenvalue weighted by molar-refractivity contribution is 6.32. The van der Waals surface area contributed by atoms with Crippen LogP contribution in [0.5, 0.6) is 5.75 Å². The number of nitrogens with one attached hydrogen (secondary N) is 1. The van der Waals surface area contributed by atoms with Crippen molar-refractivity contribution in [2.75, 3.05) is 11.9 Å². The van der Waals surface area contributed by atoms with Crippen molar-refractivity contribution in [1.29, 1.82) is 0 Å². The first kappa shape index (κ1) is 20.6. The van der Waals surface area contributed by atoms with Crippen LogP contribution < -0.4 is 15.7 Å². The van der Waals surface area contributed by atoms with Crippen molar-refractivity contribution in [3.63, 3.8) is 0 Å². The van der Waals surface area contributed by atoms with E-state index in [0.29, 0.717) is 33.7 Å². The average molecular weight is 414 g/mol. The normalized spacial score (nSPS) is 10.7. The third kappa shape index (κ3) is 5.03. The molecule has 1 heterocycles. The number of anilines is 1. The van der Waals surface area contributed by atoms with Gasteiger partial charge in [-0.25, -0.2) is 4.79 Å². The molecule has 0 aliphatic carbocycles. The minimum Gasteiger partial charge on any atom is -0.484 e. The van der Waals surface area contributed by atoms with Gasteiger partial charge < -0.3 is 14.5 Å². The van der Waals surface area contributed by atoms with Gasteiger partial charge in [-0.3, -0.25) is 9.59 Å². The lowest BCUT2D eigenvalue weighted by Crippen LogP contribution is -2.13. The molecule has 0 aliphatic heterocycles. The Balaban J connectivity index is 1.69. The number of fused-ring (bicyclic) bond motifs is 1. The minimum absolute atomic E-state index is 0.0669. The number of hydrogen-bond donors (Lipinski definition) is 1. The van der Waals surface area contributed by atoms with E-state index >= 15 is 0 Å². The molecular weight excluding hydrogens is 394 g/mol. The van der Waals surface area contributed by atoms with Crippen molar-refractivity contribution in [3.8, 4) is 5.75 Å². The Hall–Kier alpha value is -3.12. The summed E-state index contributed by atoms with van der Waals surface area (Å²) in [5.41, 5.74) is 1.69. The lowest BCUT2D eigenvalue weighted by Gasteiger charge is -2.10. The molecular formula is C22H20ClNO5. The zero-order valence-electron chi connectivity index (χ0n) is 16.1. The molecule has 1 aromatic heterocycles. The molecule has 1 N–H and O–H groups in total. The zero-order chi connectivity index (χ0) is 21.0. The Morgan fingerprint density at radius 1 is 1.14 bits per heavy atom. The monoisotopic (exact) mass is 413 g/mol. The third-order valence-electron chi connectivity index (χ3n) is 4.33. The van der Waals surface area contributed by atoms with E-state index < -0.39 is 5.63 Å². The Morgan fingerprint density at radius 2 is 1.86 bits per heavy atom. The topological polar surface area (TPSA) is 85.6 Å². The summed E-state index contributed by atoms with van der Waals surface area (Å²) >= 11 is 6.24. The van der Waals surface area contributed by atoms with Crippen LogP contribution in [0.2, 0.25) is 5.02 Å². The number of aryl methyl sites for hydroxylation is 1. The van der Waals surface area contributed by atoms with Crippen molar-refractivity contribution in [1.82, 2.24) is 0 Å². The molecule has 0 saturated carbocycles. The van der Waals surface area contributed by atoms with Gasteiger partial charge in [0.05, 0.1) is 5.02 Å². The first-order valence-corrected chi connectivity index (χ1v) is 9.55. The number of ether oxygens (including phenoxy) is 1. The molecule has 0 fully saturated rings. The molecule has 0 unspecified atom stereocenters. The van der Waals surface area contributed by atoms with E-state index in [9.17, 15) is 14.4 Å². The number of halogens is 1. The van der Waals surface area contributed by atoms with E-state index in [2.05, 4.69) is 5.32 Å². The molecule has 2 aromatic carbocycles. The van der Waals surface area contributed by atoms with Gasteiger partial charge >= 0.3 is 5.63 Å². The van der Waals surface area contributed by atoms with Crippen LogP contribution in [0.3, 0.4) is 0 Å². The van der Waals surface area contributed by atoms with Gasteiger partial charge in [-0.05, 0) is 49.2 Å². The van der Waals surface area contributed by atoms with Crippen LogP contribution >= 0.6 is 11.6 Å². The molecule has 29 heavy (non-hydrogen) atoms. The Morgan fingerprint density at radius 3 is 2.55 bits per heavy atom. The summed E-state index contributed by atoms with van der Waals surface area (Å²) in [6, 6.07) is 11.1. The van der Waals surface area contributed by atoms with E-state index in [1.54, 1.807) is 37.3 Å². The zero-order valence-corrected chi connectivity index (χ0v) is 16.8. The van der Waals surface area contributed by atoms with Crippen LogP contribution in [0.4, 0.5) is 5.69 Å². The van der Waals surface area contributed by atoms with Crippen LogP contribution in [0, 0.1) is 6.92 Å². The van der Waals surface area contributed by atoms with Crippen LogP contribution in [0.1, 0.15) is 35.7 Å². The number of Topliss-reactive ketones (excluding diaryl/α,β-unsaturated/α-hetero) is 1. The summed E-state index contributed by atoms with van der Waals surface area (Å²) in [7, 11) is 0. The van der Waals surface area contributed by atoms with Gasteiger partial charge in [0.25, 0.3) is 0 Å². The molecule has 150 valence electrons. The van der Waals surface area contributed by atoms with Crippen LogP contribution in [-0.2, 0) is 4.79 Å². The predicted octanol–water partition coefficient (Wildman–Crippen LogP) is 4.76. The van der Waals surface area contributed by atoms with Crippen molar-refractivity contribution >= 4 is 39.9 Å². The highest BCUT2D eigenvalue weighted by Crippen LogP contribution is 2.31. The van der Waals surface area contributed by atoms with E-state index in [1.807, 2.05) is 6.92 Å². The number of hydrogen-bond acceptors (Lipinski definition) is 5. The third-order valence-corrected chi connectivity index (χ3v) is 4.63. The van der Waals surface area contributed by atoms with Gasteiger partial charge in [0, 0.05) is 35.2 Å². The summed E-state index contributed by atoms with van der Waals surface area (Å²) in [5.74, 6) is -0.0641. The number of carbonyl (C=O) groups is 2. The molecule has 0 saturated heterocycles. The molecule has 0 bridgehead atoms. The molecule has 0 spiro atoms. The summed E-state index contributed by atoms with van der Waals surface area (Å²) in [6.07, 6.45) is 1.21. The number of amides is 1. The molecule has 6 nitrogen and oxygen atoms in total. The maximum Gasteiger partial charge on any atom is 0.336 e. The van der Waals surface area contributed by atoms with Gasteiger partial charge in [0.2, 0.25) is 5.91 Å². The summed E-state index contributed by atoms with van der Waals surface area (Å²) in [6.45, 7) is 3.48. The minimum atomic E-state index is -0.467. The first-order valence-electron chi connectivity index (χ1n) is 9.17. The lowest BCUT2D eigenvalue weighted by molar-refractivity contribution is -0.116. The average Bonchev–Trinajstić information content (AvgIpc) is 2.67. The molecule has 3 rings (SSSR count). The number of ketones is 1. The number of benzene rings is 2. The summed E-state index contributed by atoms with van der Waals surface area (Å²) in [5, 5.41) is 3.78. The Kier molecular flexibility index (Phi) is 6.34. The van der Waals surface area contributed by atoms with Crippen LogP contribution in [-0.4, -0.2) is 18.3 Å². The smallest absolute Gasteiger partial charge is 0.336 e. The molecule has 7 heteroatoms. The van der Waals surface area contributed by atoms with E-state index in [1.165, 1.54) is 12.1 Å². The van der Waals surface area contributed by atoms with Crippen molar-refractivity contribution in [2.45, 2.75) is 26.7 Å². The number of rotatable bonds is 7. The van der Waals surface area contributed by atoms with E-state index in [-0.39, 0.29) is 24.0 Å². The molecule has 0 aliphatic rings. The Bertz CT molecular complexity index is 1120. The second kappa shape index (κ2) is 8.92. The standard InChI is InChI=1S/C22H20ClNO5/c1-3-4-21(26)24-15-7-5-14(6-8-15)18(25)12-28-20-11-19-16(10-17(20)23)13(2)9-22(27)29-19/h5-11H,3-4,12H2,1-2H3,(H,24,26). The first-order chi connectivity index (χ1) is 13.9. The van der Waals surface area contributed by atoms with Gasteiger partial charge in [-0.2, -0.15) is 0 Å². The van der Waals surface area contributed by atoms with Crippen molar-refractivity contribution < 1.29 is 18.7 Å². The van der Waals surface area contributed by atoms with Crippen LogP contribution in [0.25, 0.3) is 11.0 Å². The van der Waals surface area contributed by atoms with Crippen molar-refractivity contribution in [3.05, 3.63) is 69.0 Å². The maximum absolute atomic E-state index is 12.4. The largest absolute Gasteiger partial charge is 0.484 e. The van der Waals surface area contributed by atoms with Gasteiger partial charge in [-0.1, -0.05) is 18.5 Å². The second-order valence-corrected chi connectivity index (χ2v) is 7.02. The van der Waals surface area contributed by atoms with Gasteiger partial charge in [0.15, 0.2) is 12.4 Å². The Labute approximate surface area is 172 Å². The van der Waals surface area contributed by atoms with Gasteiger partial charge in [0.1, 0.15) is 11.3 Å². The SMILES string of the molecule is CCCC(=O)Nc1ccc(C(=O)COc2cc3oc(=O)cc(C)c3cc2Cl)cc1. The molecule has 1 amide bonds. The van der Waals surface area contributed by atoms with E-state index in [0.717, 1.165) is 12.0 Å². The fourth-order valence-corrected chi connectivity index (χ4v) is 3.07. The molecule has 3 aromatic rings. The van der Waals surface area contributed by atoms with E-state index in [4.69, 9.17) is 20.8 Å². The predicted molar refractivity (Wildman–Crippen MR) is 112 cm³/mol. The number of carbonyl (C=O) groups excluding carboxylic acids is 2.